The van der Waals surface area contributed by atoms with E-state index in [1.807, 2.05) is 95.6 Å². The monoisotopic (exact) mass is 713 g/mol. The standard InChI is InChI=1S/C40H39N7O6/c1-26(48)45(25-34(49)50)23-31-24-46(40(27-14-8-5-9-15-27,28-16-10-6-11-17-28)29-18-12-7-13-19-29)37(42-31)47-33-21-20-30(43-38(52)53-39(2,3)4)22-32(33)35(44-47)36(41)51/h5-22,24H,23,25H2,1-4H3,(H2,41,51)(H,43,52)(H,49,50). The van der Waals surface area contributed by atoms with Crippen LogP contribution < -0.4 is 11.1 Å². The van der Waals surface area contributed by atoms with E-state index in [9.17, 15) is 24.3 Å². The van der Waals surface area contributed by atoms with Gasteiger partial charge in [0.25, 0.3) is 5.91 Å². The Labute approximate surface area is 305 Å². The van der Waals surface area contributed by atoms with Crippen molar-refractivity contribution in [1.29, 1.82) is 0 Å². The van der Waals surface area contributed by atoms with Crippen LogP contribution in [0.3, 0.4) is 0 Å². The summed E-state index contributed by atoms with van der Waals surface area (Å²) in [6.45, 7) is 5.87. The average Bonchev–Trinajstić information content (AvgIpc) is 3.70. The highest BCUT2D eigenvalue weighted by molar-refractivity contribution is 6.05. The van der Waals surface area contributed by atoms with Gasteiger partial charge in [0.15, 0.2) is 5.69 Å². The van der Waals surface area contributed by atoms with Crippen molar-refractivity contribution >= 4 is 40.5 Å². The summed E-state index contributed by atoms with van der Waals surface area (Å²) in [5.74, 6) is -2.20. The minimum absolute atomic E-state index is 0.0788. The van der Waals surface area contributed by atoms with Gasteiger partial charge in [-0.25, -0.2) is 9.78 Å². The molecule has 0 aliphatic carbocycles. The molecule has 0 spiro atoms. The van der Waals surface area contributed by atoms with Gasteiger partial charge in [-0.1, -0.05) is 91.0 Å². The van der Waals surface area contributed by atoms with Gasteiger partial charge in [0, 0.05) is 24.2 Å². The number of carboxylic acids is 1. The molecule has 6 rings (SSSR count). The quantitative estimate of drug-likeness (QED) is 0.138. The second-order valence-electron chi connectivity index (χ2n) is 13.5. The molecule has 0 radical (unpaired) electrons. The number of primary amides is 1. The molecule has 3 amide bonds. The van der Waals surface area contributed by atoms with Gasteiger partial charge >= 0.3 is 12.1 Å². The number of rotatable bonds is 11. The highest BCUT2D eigenvalue weighted by Gasteiger charge is 2.41. The second-order valence-corrected chi connectivity index (χ2v) is 13.5. The summed E-state index contributed by atoms with van der Waals surface area (Å²) < 4.78 is 8.84. The predicted molar refractivity (Wildman–Crippen MR) is 199 cm³/mol. The highest BCUT2D eigenvalue weighted by Crippen LogP contribution is 2.43. The molecule has 4 aromatic carbocycles. The van der Waals surface area contributed by atoms with Crippen LogP contribution in [0.15, 0.2) is 115 Å². The van der Waals surface area contributed by atoms with Crippen LogP contribution in [-0.2, 0) is 26.4 Å². The number of carbonyl (C=O) groups excluding carboxylic acids is 3. The SMILES string of the molecule is CC(=O)N(CC(=O)O)Cc1cn(C(c2ccccc2)(c2ccccc2)c2ccccc2)c(-n2nc(C(N)=O)c3cc(NC(=O)OC(C)(C)C)ccc32)n1. The molecular formula is C40H39N7O6. The third-order valence-electron chi connectivity index (χ3n) is 8.55. The van der Waals surface area contributed by atoms with Crippen molar-refractivity contribution < 1.29 is 29.0 Å². The van der Waals surface area contributed by atoms with Gasteiger partial charge in [0.1, 0.15) is 17.7 Å². The third kappa shape index (κ3) is 7.35. The molecule has 0 unspecified atom stereocenters. The van der Waals surface area contributed by atoms with Gasteiger partial charge in [0.2, 0.25) is 11.9 Å². The average molecular weight is 714 g/mol. The van der Waals surface area contributed by atoms with E-state index in [1.54, 1.807) is 45.2 Å². The minimum Gasteiger partial charge on any atom is -0.480 e. The molecule has 0 saturated carbocycles. The van der Waals surface area contributed by atoms with E-state index < -0.39 is 41.6 Å². The van der Waals surface area contributed by atoms with Gasteiger partial charge in [0.05, 0.1) is 17.8 Å². The van der Waals surface area contributed by atoms with Crippen LogP contribution in [0, 0.1) is 0 Å². The van der Waals surface area contributed by atoms with Crippen LogP contribution in [0.1, 0.15) is 60.6 Å². The lowest BCUT2D eigenvalue weighted by Gasteiger charge is -2.38. The number of benzene rings is 4. The Morgan fingerprint density at radius 1 is 0.849 bits per heavy atom. The summed E-state index contributed by atoms with van der Waals surface area (Å²) in [7, 11) is 0. The van der Waals surface area contributed by atoms with Crippen LogP contribution >= 0.6 is 0 Å². The number of hydrogen-bond acceptors (Lipinski definition) is 7. The zero-order chi connectivity index (χ0) is 37.9. The van der Waals surface area contributed by atoms with Crippen LogP contribution in [-0.4, -0.2) is 65.4 Å². The summed E-state index contributed by atoms with van der Waals surface area (Å²) >= 11 is 0. The van der Waals surface area contributed by atoms with E-state index in [0.29, 0.717) is 22.3 Å². The molecule has 13 nitrogen and oxygen atoms in total. The van der Waals surface area contributed by atoms with Crippen molar-refractivity contribution in [3.8, 4) is 5.95 Å². The number of anilines is 1. The number of aromatic nitrogens is 4. The Kier molecular flexibility index (Phi) is 9.84. The van der Waals surface area contributed by atoms with Crippen LogP contribution in [0.25, 0.3) is 16.9 Å². The topological polar surface area (TPSA) is 175 Å². The molecule has 13 heteroatoms. The lowest BCUT2D eigenvalue weighted by atomic mass is 9.76. The van der Waals surface area contributed by atoms with E-state index >= 15 is 0 Å². The molecule has 2 aromatic heterocycles. The van der Waals surface area contributed by atoms with E-state index in [0.717, 1.165) is 16.7 Å². The number of nitrogens with one attached hydrogen (secondary N) is 1. The van der Waals surface area contributed by atoms with Gasteiger partial charge in [-0.05, 0) is 55.7 Å². The van der Waals surface area contributed by atoms with E-state index in [1.165, 1.54) is 16.5 Å². The third-order valence-corrected chi connectivity index (χ3v) is 8.55. The zero-order valence-corrected chi connectivity index (χ0v) is 29.7. The largest absolute Gasteiger partial charge is 0.480 e. The predicted octanol–water partition coefficient (Wildman–Crippen LogP) is 5.94. The number of amides is 3. The fourth-order valence-electron chi connectivity index (χ4n) is 6.43. The molecule has 0 bridgehead atoms. The molecule has 6 aromatic rings. The number of aliphatic carboxylic acids is 1. The number of nitrogens with two attached hydrogens (primary N) is 1. The Bertz CT molecular complexity index is 2200. The zero-order valence-electron chi connectivity index (χ0n) is 29.7. The molecule has 0 aliphatic heterocycles. The Hall–Kier alpha value is -6.76. The molecule has 0 fully saturated rings. The smallest absolute Gasteiger partial charge is 0.412 e. The minimum atomic E-state index is -1.17. The first-order valence-corrected chi connectivity index (χ1v) is 16.8. The number of carbonyl (C=O) groups is 4. The van der Waals surface area contributed by atoms with Crippen LogP contribution in [0.4, 0.5) is 10.5 Å². The first-order valence-electron chi connectivity index (χ1n) is 16.8. The molecule has 0 atom stereocenters. The summed E-state index contributed by atoms with van der Waals surface area (Å²) in [5.41, 5.74) is 7.66. The van der Waals surface area contributed by atoms with Crippen molar-refractivity contribution in [3.05, 3.63) is 143 Å². The van der Waals surface area contributed by atoms with E-state index in [2.05, 4.69) is 5.32 Å². The summed E-state index contributed by atoms with van der Waals surface area (Å²) in [6, 6.07) is 34.3. The first kappa shape index (κ1) is 36.0. The van der Waals surface area contributed by atoms with Crippen molar-refractivity contribution in [1.82, 2.24) is 24.2 Å². The van der Waals surface area contributed by atoms with E-state index in [4.69, 9.17) is 20.6 Å². The second kappa shape index (κ2) is 14.5. The van der Waals surface area contributed by atoms with Crippen molar-refractivity contribution in [2.24, 2.45) is 5.73 Å². The summed E-state index contributed by atoms with van der Waals surface area (Å²) in [6.07, 6.45) is 1.09. The first-order chi connectivity index (χ1) is 25.3. The number of hydrogen-bond donors (Lipinski definition) is 3. The lowest BCUT2D eigenvalue weighted by molar-refractivity contribution is -0.144. The molecular weight excluding hydrogens is 674 g/mol. The summed E-state index contributed by atoms with van der Waals surface area (Å²) in [5, 5.41) is 17.4. The normalized spacial score (nSPS) is 11.6. The van der Waals surface area contributed by atoms with Crippen molar-refractivity contribution in [2.45, 2.75) is 45.4 Å². The molecule has 0 aliphatic rings. The Morgan fingerprint density at radius 2 is 1.40 bits per heavy atom. The van der Waals surface area contributed by atoms with Crippen molar-refractivity contribution in [3.63, 3.8) is 0 Å². The Morgan fingerprint density at radius 3 is 1.87 bits per heavy atom. The van der Waals surface area contributed by atoms with Gasteiger partial charge < -0.3 is 20.5 Å². The molecule has 270 valence electrons. The number of ether oxygens (including phenoxy) is 1. The maximum Gasteiger partial charge on any atom is 0.412 e. The Balaban J connectivity index is 1.67. The molecule has 2 heterocycles. The van der Waals surface area contributed by atoms with Gasteiger partial charge in [-0.2, -0.15) is 9.78 Å². The van der Waals surface area contributed by atoms with Crippen molar-refractivity contribution in [2.75, 3.05) is 11.9 Å². The lowest BCUT2D eigenvalue weighted by Crippen LogP contribution is -2.38. The number of imidazole rings is 1. The highest BCUT2D eigenvalue weighted by atomic mass is 16.6. The van der Waals surface area contributed by atoms with Gasteiger partial charge in [-0.15, -0.1) is 0 Å². The number of nitrogens with zero attached hydrogens (tertiary/aromatic N) is 5. The molecule has 4 N–H and O–H groups in total. The fraction of sp³-hybridized carbons (Fsp3) is 0.200. The maximum atomic E-state index is 13.0. The maximum absolute atomic E-state index is 13.0. The molecule has 53 heavy (non-hydrogen) atoms. The van der Waals surface area contributed by atoms with Crippen LogP contribution in [0.2, 0.25) is 0 Å². The summed E-state index contributed by atoms with van der Waals surface area (Å²) in [4.78, 5) is 56.3. The van der Waals surface area contributed by atoms with E-state index in [-0.39, 0.29) is 18.2 Å². The molecule has 0 saturated heterocycles. The van der Waals surface area contributed by atoms with Gasteiger partial charge in [-0.3, -0.25) is 24.3 Å². The fourth-order valence-corrected chi connectivity index (χ4v) is 6.43. The number of fused-ring (bicyclic) bond motifs is 1. The number of carboxylic acid groups (broad SMARTS) is 1. The van der Waals surface area contributed by atoms with Crippen LogP contribution in [0.5, 0.6) is 0 Å².